The van der Waals surface area contributed by atoms with E-state index in [9.17, 15) is 9.59 Å². The van der Waals surface area contributed by atoms with Crippen LogP contribution in [-0.4, -0.2) is 29.1 Å². The predicted molar refractivity (Wildman–Crippen MR) is 79.6 cm³/mol. The Morgan fingerprint density at radius 2 is 1.95 bits per heavy atom. The fourth-order valence-corrected chi connectivity index (χ4v) is 2.34. The number of aromatic nitrogens is 1. The van der Waals surface area contributed by atoms with Gasteiger partial charge in [-0.05, 0) is 18.9 Å². The molecule has 1 aromatic heterocycles. The van der Waals surface area contributed by atoms with Crippen molar-refractivity contribution in [3.63, 3.8) is 0 Å². The normalized spacial score (nSPS) is 16.4. The molecule has 112 valence electrons. The highest BCUT2D eigenvalue weighted by Gasteiger charge is 2.19. The zero-order valence-electron chi connectivity index (χ0n) is 11.9. The van der Waals surface area contributed by atoms with Gasteiger partial charge in [-0.1, -0.05) is 31.7 Å². The topological polar surface area (TPSA) is 83.5 Å². The summed E-state index contributed by atoms with van der Waals surface area (Å²) in [5.41, 5.74) is 2.98. The molecule has 1 aliphatic carbocycles. The molecule has 0 spiro atoms. The Balaban J connectivity index is 1.77. The molecule has 0 unspecified atom stereocenters. The molecule has 0 aliphatic heterocycles. The first-order valence-electron chi connectivity index (χ1n) is 7.29. The summed E-state index contributed by atoms with van der Waals surface area (Å²) in [6.45, 7) is 0. The summed E-state index contributed by atoms with van der Waals surface area (Å²) >= 11 is 0. The second-order valence-corrected chi connectivity index (χ2v) is 5.15. The number of hydrazone groups is 1. The van der Waals surface area contributed by atoms with E-state index >= 15 is 0 Å². The largest absolute Gasteiger partial charge is 0.345 e. The molecular weight excluding hydrogens is 268 g/mol. The lowest BCUT2D eigenvalue weighted by atomic mass is 10.1. The second kappa shape index (κ2) is 8.14. The van der Waals surface area contributed by atoms with Crippen LogP contribution in [0.1, 0.15) is 44.1 Å². The van der Waals surface area contributed by atoms with E-state index in [1.807, 2.05) is 0 Å². The number of carbonyl (C=O) groups excluding carboxylic acids is 2. The van der Waals surface area contributed by atoms with E-state index in [2.05, 4.69) is 20.8 Å². The van der Waals surface area contributed by atoms with Gasteiger partial charge in [-0.3, -0.25) is 14.6 Å². The van der Waals surface area contributed by atoms with Gasteiger partial charge in [0.25, 0.3) is 0 Å². The average molecular weight is 288 g/mol. The van der Waals surface area contributed by atoms with Crippen molar-refractivity contribution in [1.82, 2.24) is 15.7 Å². The molecule has 0 saturated heterocycles. The minimum Gasteiger partial charge on any atom is -0.345 e. The summed E-state index contributed by atoms with van der Waals surface area (Å²) in [4.78, 5) is 27.3. The van der Waals surface area contributed by atoms with E-state index in [-0.39, 0.29) is 6.04 Å². The molecule has 2 amide bonds. The van der Waals surface area contributed by atoms with Crippen molar-refractivity contribution in [1.29, 1.82) is 0 Å². The van der Waals surface area contributed by atoms with Crippen molar-refractivity contribution in [3.05, 3.63) is 30.1 Å². The lowest BCUT2D eigenvalue weighted by Crippen LogP contribution is -2.43. The van der Waals surface area contributed by atoms with Gasteiger partial charge in [0.15, 0.2) is 0 Å². The van der Waals surface area contributed by atoms with Crippen molar-refractivity contribution < 1.29 is 9.59 Å². The number of carbonyl (C=O) groups is 2. The molecule has 1 aliphatic rings. The van der Waals surface area contributed by atoms with Gasteiger partial charge in [-0.25, -0.2) is 5.43 Å². The highest BCUT2D eigenvalue weighted by atomic mass is 16.2. The number of nitrogens with zero attached hydrogens (tertiary/aromatic N) is 2. The van der Waals surface area contributed by atoms with Crippen LogP contribution in [0.15, 0.2) is 29.6 Å². The van der Waals surface area contributed by atoms with Crippen molar-refractivity contribution in [2.24, 2.45) is 5.10 Å². The molecule has 1 saturated carbocycles. The first-order valence-corrected chi connectivity index (χ1v) is 7.29. The monoisotopic (exact) mass is 288 g/mol. The van der Waals surface area contributed by atoms with E-state index in [0.29, 0.717) is 0 Å². The fraction of sp³-hybridized carbons (Fsp3) is 0.467. The van der Waals surface area contributed by atoms with Crippen molar-refractivity contribution >= 4 is 18.0 Å². The summed E-state index contributed by atoms with van der Waals surface area (Å²) in [5.74, 6) is -1.36. The van der Waals surface area contributed by atoms with E-state index in [4.69, 9.17) is 0 Å². The Bertz CT molecular complexity index is 494. The van der Waals surface area contributed by atoms with Gasteiger partial charge in [0.2, 0.25) is 0 Å². The lowest BCUT2D eigenvalue weighted by Gasteiger charge is -2.14. The molecule has 1 aromatic rings. The minimum atomic E-state index is -0.737. The van der Waals surface area contributed by atoms with E-state index < -0.39 is 11.8 Å². The van der Waals surface area contributed by atoms with Gasteiger partial charge in [-0.2, -0.15) is 5.10 Å². The van der Waals surface area contributed by atoms with Crippen LogP contribution in [0, 0.1) is 0 Å². The molecule has 2 rings (SSSR count). The van der Waals surface area contributed by atoms with Crippen LogP contribution in [0.25, 0.3) is 0 Å². The van der Waals surface area contributed by atoms with E-state index in [1.165, 1.54) is 19.1 Å². The van der Waals surface area contributed by atoms with Crippen LogP contribution in [0.3, 0.4) is 0 Å². The lowest BCUT2D eigenvalue weighted by molar-refractivity contribution is -0.139. The van der Waals surface area contributed by atoms with Gasteiger partial charge in [0.1, 0.15) is 0 Å². The van der Waals surface area contributed by atoms with Gasteiger partial charge in [-0.15, -0.1) is 0 Å². The summed E-state index contributed by atoms with van der Waals surface area (Å²) in [5, 5.41) is 6.52. The third kappa shape index (κ3) is 5.33. The van der Waals surface area contributed by atoms with E-state index in [0.717, 1.165) is 31.2 Å². The van der Waals surface area contributed by atoms with Gasteiger partial charge >= 0.3 is 11.8 Å². The molecule has 2 N–H and O–H groups in total. The third-order valence-corrected chi connectivity index (χ3v) is 3.46. The number of hydrogen-bond donors (Lipinski definition) is 2. The Hall–Kier alpha value is -2.24. The maximum absolute atomic E-state index is 11.8. The SMILES string of the molecule is O=C(N/N=C\c1cccnc1)C(=O)NC1CCCCCC1. The standard InChI is InChI=1S/C15H20N4O2/c20-14(18-13-7-3-1-2-4-8-13)15(21)19-17-11-12-6-5-9-16-10-12/h5-6,9-11,13H,1-4,7-8H2,(H,18,20)(H,19,21)/b17-11-. The molecule has 0 aromatic carbocycles. The molecule has 0 atom stereocenters. The fourth-order valence-electron chi connectivity index (χ4n) is 2.34. The summed E-state index contributed by atoms with van der Waals surface area (Å²) in [7, 11) is 0. The van der Waals surface area contributed by atoms with Gasteiger partial charge < -0.3 is 5.32 Å². The summed E-state index contributed by atoms with van der Waals surface area (Å²) < 4.78 is 0. The van der Waals surface area contributed by atoms with Crippen LogP contribution in [-0.2, 0) is 9.59 Å². The van der Waals surface area contributed by atoms with Crippen LogP contribution in [0.5, 0.6) is 0 Å². The highest BCUT2D eigenvalue weighted by Crippen LogP contribution is 2.16. The molecular formula is C15H20N4O2. The van der Waals surface area contributed by atoms with E-state index in [1.54, 1.807) is 24.5 Å². The highest BCUT2D eigenvalue weighted by molar-refractivity contribution is 6.35. The van der Waals surface area contributed by atoms with Gasteiger partial charge in [0.05, 0.1) is 6.21 Å². The predicted octanol–water partition coefficient (Wildman–Crippen LogP) is 1.37. The minimum absolute atomic E-state index is 0.105. The molecule has 1 fully saturated rings. The second-order valence-electron chi connectivity index (χ2n) is 5.15. The van der Waals surface area contributed by atoms with Crippen LogP contribution >= 0.6 is 0 Å². The zero-order chi connectivity index (χ0) is 14.9. The van der Waals surface area contributed by atoms with Crippen LogP contribution in [0.4, 0.5) is 0 Å². The smallest absolute Gasteiger partial charge is 0.329 e. The van der Waals surface area contributed by atoms with Crippen LogP contribution in [0.2, 0.25) is 0 Å². The van der Waals surface area contributed by atoms with Crippen molar-refractivity contribution in [2.45, 2.75) is 44.6 Å². The number of hydrogen-bond acceptors (Lipinski definition) is 4. The Kier molecular flexibility index (Phi) is 5.87. The summed E-state index contributed by atoms with van der Waals surface area (Å²) in [6, 6.07) is 3.67. The number of rotatable bonds is 3. The van der Waals surface area contributed by atoms with Crippen molar-refractivity contribution in [2.75, 3.05) is 0 Å². The van der Waals surface area contributed by atoms with Crippen molar-refractivity contribution in [3.8, 4) is 0 Å². The Labute approximate surface area is 124 Å². The maximum atomic E-state index is 11.8. The quantitative estimate of drug-likeness (QED) is 0.381. The number of amides is 2. The first kappa shape index (κ1) is 15.2. The van der Waals surface area contributed by atoms with Gasteiger partial charge in [0, 0.05) is 24.0 Å². The zero-order valence-corrected chi connectivity index (χ0v) is 11.9. The third-order valence-electron chi connectivity index (χ3n) is 3.46. The molecule has 0 radical (unpaired) electrons. The first-order chi connectivity index (χ1) is 10.3. The number of pyridine rings is 1. The number of nitrogens with one attached hydrogen (secondary N) is 2. The molecule has 6 heteroatoms. The molecule has 1 heterocycles. The maximum Gasteiger partial charge on any atom is 0.329 e. The average Bonchev–Trinajstić information content (AvgIpc) is 2.77. The molecule has 0 bridgehead atoms. The Morgan fingerprint density at radius 1 is 1.19 bits per heavy atom. The van der Waals surface area contributed by atoms with Crippen LogP contribution < -0.4 is 10.7 Å². The summed E-state index contributed by atoms with van der Waals surface area (Å²) in [6.07, 6.45) is 11.2. The Morgan fingerprint density at radius 3 is 2.62 bits per heavy atom. The molecule has 21 heavy (non-hydrogen) atoms. The molecule has 6 nitrogen and oxygen atoms in total.